The SMILES string of the molecule is Cc1ccc(-c2[nH]c(-c3ccnc4[nH]ccc34)cc2C(N)=O)c(F)c1. The van der Waals surface area contributed by atoms with Crippen LogP contribution in [0.15, 0.2) is 48.8 Å². The standard InChI is InChI=1S/C19H15FN4O/c1-10-2-3-13(15(20)8-10)17-14(18(21)25)9-16(24-17)11-4-6-22-19-12(11)5-7-23-19/h2-9,24H,1H3,(H2,21,25)(H,22,23). The Morgan fingerprint density at radius 3 is 2.76 bits per heavy atom. The number of nitrogens with zero attached hydrogens (tertiary/aromatic N) is 1. The van der Waals surface area contributed by atoms with Crippen LogP contribution in [0, 0.1) is 12.7 Å². The average Bonchev–Trinajstić information content (AvgIpc) is 3.21. The zero-order chi connectivity index (χ0) is 17.6. The van der Waals surface area contributed by atoms with Crippen LogP contribution in [0.1, 0.15) is 15.9 Å². The number of primary amides is 1. The smallest absolute Gasteiger partial charge is 0.250 e. The van der Waals surface area contributed by atoms with Gasteiger partial charge in [0, 0.05) is 34.6 Å². The van der Waals surface area contributed by atoms with Crippen LogP contribution in [0.2, 0.25) is 0 Å². The fourth-order valence-corrected chi connectivity index (χ4v) is 3.03. The number of carbonyl (C=O) groups excluding carboxylic acids is 1. The molecule has 0 saturated heterocycles. The number of halogens is 1. The van der Waals surface area contributed by atoms with E-state index in [4.69, 9.17) is 5.73 Å². The molecule has 3 aromatic heterocycles. The fourth-order valence-electron chi connectivity index (χ4n) is 3.03. The van der Waals surface area contributed by atoms with E-state index in [0.717, 1.165) is 22.2 Å². The molecule has 0 atom stereocenters. The Bertz CT molecular complexity index is 1110. The van der Waals surface area contributed by atoms with E-state index in [-0.39, 0.29) is 5.56 Å². The molecule has 4 rings (SSSR count). The number of aromatic amines is 2. The van der Waals surface area contributed by atoms with E-state index in [0.29, 0.717) is 17.0 Å². The van der Waals surface area contributed by atoms with Gasteiger partial charge in [-0.3, -0.25) is 4.79 Å². The zero-order valence-electron chi connectivity index (χ0n) is 13.4. The van der Waals surface area contributed by atoms with Gasteiger partial charge in [-0.1, -0.05) is 6.07 Å². The molecule has 0 aliphatic carbocycles. The number of aromatic nitrogens is 3. The monoisotopic (exact) mass is 334 g/mol. The quantitative estimate of drug-likeness (QED) is 0.532. The van der Waals surface area contributed by atoms with Crippen LogP contribution in [-0.4, -0.2) is 20.9 Å². The van der Waals surface area contributed by atoms with Gasteiger partial charge in [-0.2, -0.15) is 0 Å². The topological polar surface area (TPSA) is 87.6 Å². The molecular formula is C19H15FN4O. The number of amides is 1. The van der Waals surface area contributed by atoms with Crippen LogP contribution in [0.25, 0.3) is 33.5 Å². The van der Waals surface area contributed by atoms with Crippen molar-refractivity contribution >= 4 is 16.9 Å². The van der Waals surface area contributed by atoms with Gasteiger partial charge in [0.05, 0.1) is 11.3 Å². The van der Waals surface area contributed by atoms with Gasteiger partial charge in [-0.25, -0.2) is 9.37 Å². The van der Waals surface area contributed by atoms with Crippen LogP contribution in [0.3, 0.4) is 0 Å². The third-order valence-electron chi connectivity index (χ3n) is 4.23. The van der Waals surface area contributed by atoms with Gasteiger partial charge >= 0.3 is 0 Å². The first-order valence-corrected chi connectivity index (χ1v) is 7.76. The Labute approximate surface area is 142 Å². The van der Waals surface area contributed by atoms with E-state index >= 15 is 0 Å². The van der Waals surface area contributed by atoms with Crippen molar-refractivity contribution in [1.82, 2.24) is 15.0 Å². The van der Waals surface area contributed by atoms with Gasteiger partial charge in [0.2, 0.25) is 0 Å². The molecule has 0 spiro atoms. The average molecular weight is 334 g/mol. The maximum atomic E-state index is 14.4. The number of benzene rings is 1. The van der Waals surface area contributed by atoms with Crippen molar-refractivity contribution in [2.75, 3.05) is 0 Å². The zero-order valence-corrected chi connectivity index (χ0v) is 13.4. The molecular weight excluding hydrogens is 319 g/mol. The molecule has 1 amide bonds. The van der Waals surface area contributed by atoms with Crippen LogP contribution in [0.4, 0.5) is 4.39 Å². The van der Waals surface area contributed by atoms with Crippen molar-refractivity contribution in [2.45, 2.75) is 6.92 Å². The van der Waals surface area contributed by atoms with Gasteiger partial charge in [0.15, 0.2) is 0 Å². The van der Waals surface area contributed by atoms with Crippen molar-refractivity contribution in [3.63, 3.8) is 0 Å². The second kappa shape index (κ2) is 5.59. The van der Waals surface area contributed by atoms with Gasteiger partial charge < -0.3 is 15.7 Å². The highest BCUT2D eigenvalue weighted by Gasteiger charge is 2.19. The Balaban J connectivity index is 1.95. The van der Waals surface area contributed by atoms with E-state index in [1.165, 1.54) is 6.07 Å². The third-order valence-corrected chi connectivity index (χ3v) is 4.23. The van der Waals surface area contributed by atoms with Crippen molar-refractivity contribution in [1.29, 1.82) is 0 Å². The number of hydrogen-bond acceptors (Lipinski definition) is 2. The molecule has 4 N–H and O–H groups in total. The minimum Gasteiger partial charge on any atom is -0.366 e. The first kappa shape index (κ1) is 15.1. The summed E-state index contributed by atoms with van der Waals surface area (Å²) in [4.78, 5) is 22.3. The molecule has 0 radical (unpaired) electrons. The number of pyridine rings is 1. The maximum Gasteiger partial charge on any atom is 0.250 e. The summed E-state index contributed by atoms with van der Waals surface area (Å²) in [6.07, 6.45) is 3.46. The summed E-state index contributed by atoms with van der Waals surface area (Å²) in [6.45, 7) is 1.81. The summed E-state index contributed by atoms with van der Waals surface area (Å²) in [5, 5.41) is 0.899. The number of rotatable bonds is 3. The highest BCUT2D eigenvalue weighted by Crippen LogP contribution is 2.33. The number of aryl methyl sites for hydroxylation is 1. The van der Waals surface area contributed by atoms with Crippen molar-refractivity contribution < 1.29 is 9.18 Å². The van der Waals surface area contributed by atoms with E-state index < -0.39 is 11.7 Å². The molecule has 0 aliphatic heterocycles. The number of H-pyrrole nitrogens is 2. The lowest BCUT2D eigenvalue weighted by molar-refractivity contribution is 0.100. The normalized spacial score (nSPS) is 11.1. The number of carbonyl (C=O) groups is 1. The molecule has 4 aromatic rings. The summed E-state index contributed by atoms with van der Waals surface area (Å²) < 4.78 is 14.4. The molecule has 0 aliphatic rings. The lowest BCUT2D eigenvalue weighted by atomic mass is 10.0. The summed E-state index contributed by atoms with van der Waals surface area (Å²) in [5.74, 6) is -1.02. The number of nitrogens with one attached hydrogen (secondary N) is 2. The molecule has 0 bridgehead atoms. The molecule has 124 valence electrons. The molecule has 25 heavy (non-hydrogen) atoms. The molecule has 0 saturated carbocycles. The number of hydrogen-bond donors (Lipinski definition) is 3. The highest BCUT2D eigenvalue weighted by molar-refractivity contribution is 6.02. The van der Waals surface area contributed by atoms with E-state index in [9.17, 15) is 9.18 Å². The molecule has 5 nitrogen and oxygen atoms in total. The van der Waals surface area contributed by atoms with E-state index in [2.05, 4.69) is 15.0 Å². The lowest BCUT2D eigenvalue weighted by Crippen LogP contribution is -2.11. The van der Waals surface area contributed by atoms with Crippen LogP contribution < -0.4 is 5.73 Å². The second-order valence-corrected chi connectivity index (χ2v) is 5.92. The first-order valence-electron chi connectivity index (χ1n) is 7.76. The predicted molar refractivity (Wildman–Crippen MR) is 94.5 cm³/mol. The lowest BCUT2D eigenvalue weighted by Gasteiger charge is -2.05. The Kier molecular flexibility index (Phi) is 3.39. The largest absolute Gasteiger partial charge is 0.366 e. The van der Waals surface area contributed by atoms with Crippen molar-refractivity contribution in [3.8, 4) is 22.5 Å². The third kappa shape index (κ3) is 2.48. The fraction of sp³-hybridized carbons (Fsp3) is 0.0526. The van der Waals surface area contributed by atoms with E-state index in [1.54, 1.807) is 30.6 Å². The minimum atomic E-state index is -0.614. The Morgan fingerprint density at radius 2 is 2.00 bits per heavy atom. The van der Waals surface area contributed by atoms with Crippen LogP contribution >= 0.6 is 0 Å². The molecule has 1 aromatic carbocycles. The number of fused-ring (bicyclic) bond motifs is 1. The Hall–Kier alpha value is -3.41. The summed E-state index contributed by atoms with van der Waals surface area (Å²) in [7, 11) is 0. The maximum absolute atomic E-state index is 14.4. The first-order chi connectivity index (χ1) is 12.0. The van der Waals surface area contributed by atoms with Crippen LogP contribution in [0.5, 0.6) is 0 Å². The second-order valence-electron chi connectivity index (χ2n) is 5.92. The Morgan fingerprint density at radius 1 is 1.16 bits per heavy atom. The highest BCUT2D eigenvalue weighted by atomic mass is 19.1. The molecule has 6 heteroatoms. The van der Waals surface area contributed by atoms with Crippen molar-refractivity contribution in [3.05, 3.63) is 65.7 Å². The van der Waals surface area contributed by atoms with Gasteiger partial charge in [0.1, 0.15) is 11.5 Å². The van der Waals surface area contributed by atoms with Crippen LogP contribution in [-0.2, 0) is 0 Å². The summed E-state index contributed by atoms with van der Waals surface area (Å²) in [6, 6.07) is 10.2. The predicted octanol–water partition coefficient (Wildman–Crippen LogP) is 3.77. The molecule has 0 unspecified atom stereocenters. The van der Waals surface area contributed by atoms with Gasteiger partial charge in [-0.05, 0) is 42.8 Å². The van der Waals surface area contributed by atoms with Crippen molar-refractivity contribution in [2.24, 2.45) is 5.73 Å². The van der Waals surface area contributed by atoms with Gasteiger partial charge in [0.25, 0.3) is 5.91 Å². The molecule has 3 heterocycles. The summed E-state index contributed by atoms with van der Waals surface area (Å²) in [5.41, 5.74) is 9.52. The van der Waals surface area contributed by atoms with E-state index in [1.807, 2.05) is 19.1 Å². The summed E-state index contributed by atoms with van der Waals surface area (Å²) >= 11 is 0. The minimum absolute atomic E-state index is 0.248. The number of nitrogens with two attached hydrogens (primary N) is 1. The molecule has 0 fully saturated rings. The van der Waals surface area contributed by atoms with Gasteiger partial charge in [-0.15, -0.1) is 0 Å².